The van der Waals surface area contributed by atoms with Gasteiger partial charge < -0.3 is 15.3 Å². The number of furan rings is 1. The van der Waals surface area contributed by atoms with Gasteiger partial charge in [0, 0.05) is 34.5 Å². The molecule has 28 heavy (non-hydrogen) atoms. The van der Waals surface area contributed by atoms with Gasteiger partial charge in [-0.3, -0.25) is 4.68 Å². The number of aliphatic hydroxyl groups excluding tert-OH is 1. The van der Waals surface area contributed by atoms with Crippen molar-refractivity contribution in [3.05, 3.63) is 55.0 Å². The molecule has 1 aliphatic rings. The molecule has 0 saturated heterocycles. The summed E-state index contributed by atoms with van der Waals surface area (Å²) in [5.41, 5.74) is 9.63. The molecular formula is C22H22N4O2. The summed E-state index contributed by atoms with van der Waals surface area (Å²) in [7, 11) is 0. The molecule has 5 rings (SSSR count). The quantitative estimate of drug-likeness (QED) is 0.554. The van der Waals surface area contributed by atoms with E-state index in [2.05, 4.69) is 16.3 Å². The van der Waals surface area contributed by atoms with Gasteiger partial charge in [-0.15, -0.1) is 0 Å². The molecule has 0 radical (unpaired) electrons. The molecule has 142 valence electrons. The highest BCUT2D eigenvalue weighted by atomic mass is 16.3. The Hall–Kier alpha value is -3.12. The van der Waals surface area contributed by atoms with Gasteiger partial charge >= 0.3 is 0 Å². The highest BCUT2D eigenvalue weighted by molar-refractivity contribution is 6.00. The molecule has 0 amide bonds. The van der Waals surface area contributed by atoms with E-state index < -0.39 is 0 Å². The fourth-order valence-electron chi connectivity index (χ4n) is 4.02. The Balaban J connectivity index is 1.54. The number of nitrogen functional groups attached to an aromatic ring is 1. The van der Waals surface area contributed by atoms with Crippen LogP contribution in [0.1, 0.15) is 31.7 Å². The lowest BCUT2D eigenvalue weighted by Crippen LogP contribution is -2.21. The van der Waals surface area contributed by atoms with Gasteiger partial charge in [0.15, 0.2) is 11.4 Å². The average molecular weight is 374 g/mol. The number of benzene rings is 1. The van der Waals surface area contributed by atoms with E-state index in [1.54, 1.807) is 6.20 Å². The van der Waals surface area contributed by atoms with Crippen LogP contribution in [0.25, 0.3) is 33.4 Å². The van der Waals surface area contributed by atoms with E-state index in [1.807, 2.05) is 47.3 Å². The summed E-state index contributed by atoms with van der Waals surface area (Å²) in [6.45, 7) is 0. The van der Waals surface area contributed by atoms with E-state index in [4.69, 9.17) is 10.2 Å². The number of aliphatic hydroxyl groups is 1. The van der Waals surface area contributed by atoms with Crippen LogP contribution in [-0.2, 0) is 0 Å². The smallest absolute Gasteiger partial charge is 0.177 e. The summed E-state index contributed by atoms with van der Waals surface area (Å²) < 4.78 is 8.05. The van der Waals surface area contributed by atoms with Crippen molar-refractivity contribution in [2.45, 2.75) is 37.8 Å². The molecule has 3 heterocycles. The van der Waals surface area contributed by atoms with E-state index in [0.717, 1.165) is 53.5 Å². The van der Waals surface area contributed by atoms with E-state index in [0.29, 0.717) is 17.4 Å². The molecule has 3 N–H and O–H groups in total. The number of anilines is 1. The van der Waals surface area contributed by atoms with E-state index in [-0.39, 0.29) is 6.10 Å². The third-order valence-electron chi connectivity index (χ3n) is 5.60. The zero-order chi connectivity index (χ0) is 19.1. The second-order valence-electron chi connectivity index (χ2n) is 7.45. The molecule has 1 fully saturated rings. The van der Waals surface area contributed by atoms with Gasteiger partial charge in [-0.1, -0.05) is 30.3 Å². The van der Waals surface area contributed by atoms with Crippen molar-refractivity contribution in [3.63, 3.8) is 0 Å². The van der Waals surface area contributed by atoms with Crippen molar-refractivity contribution in [2.75, 3.05) is 5.73 Å². The Kier molecular flexibility index (Phi) is 4.13. The van der Waals surface area contributed by atoms with Gasteiger partial charge in [-0.05, 0) is 31.7 Å². The van der Waals surface area contributed by atoms with Crippen LogP contribution in [0.4, 0.5) is 5.82 Å². The highest BCUT2D eigenvalue weighted by Gasteiger charge is 2.22. The third kappa shape index (κ3) is 2.96. The molecule has 6 heteroatoms. The van der Waals surface area contributed by atoms with Gasteiger partial charge in [0.05, 0.1) is 18.3 Å². The lowest BCUT2D eigenvalue weighted by Gasteiger charge is -2.25. The van der Waals surface area contributed by atoms with Crippen LogP contribution >= 0.6 is 0 Å². The minimum atomic E-state index is -0.172. The highest BCUT2D eigenvalue weighted by Crippen LogP contribution is 2.37. The molecule has 3 aromatic heterocycles. The number of hydrogen-bond donors (Lipinski definition) is 2. The minimum Gasteiger partial charge on any atom is -0.452 e. The van der Waals surface area contributed by atoms with Gasteiger partial charge in [-0.2, -0.15) is 5.10 Å². The summed E-state index contributed by atoms with van der Waals surface area (Å²) in [5.74, 6) is 1.15. The van der Waals surface area contributed by atoms with Crippen molar-refractivity contribution in [1.82, 2.24) is 14.8 Å². The van der Waals surface area contributed by atoms with E-state index >= 15 is 0 Å². The number of fused-ring (bicyclic) bond motifs is 1. The first-order valence-electron chi connectivity index (χ1n) is 9.65. The SMILES string of the molecule is Nc1ncc(-c2cnn([C@H]3CC[C@H](O)CC3)c2)c2cc(-c3ccccc3)oc12. The molecule has 6 nitrogen and oxygen atoms in total. The summed E-state index contributed by atoms with van der Waals surface area (Å²) in [6, 6.07) is 12.3. The maximum absolute atomic E-state index is 9.74. The van der Waals surface area contributed by atoms with Gasteiger partial charge in [-0.25, -0.2) is 4.98 Å². The Bertz CT molecular complexity index is 1110. The van der Waals surface area contributed by atoms with Gasteiger partial charge in [0.1, 0.15) is 5.76 Å². The molecule has 0 atom stereocenters. The van der Waals surface area contributed by atoms with Crippen molar-refractivity contribution in [1.29, 1.82) is 0 Å². The maximum Gasteiger partial charge on any atom is 0.177 e. The zero-order valence-corrected chi connectivity index (χ0v) is 15.5. The Morgan fingerprint density at radius 3 is 2.61 bits per heavy atom. The number of pyridine rings is 1. The Labute approximate surface area is 162 Å². The normalized spacial score (nSPS) is 19.9. The summed E-state index contributed by atoms with van der Waals surface area (Å²) in [5, 5.41) is 15.3. The molecule has 0 aliphatic heterocycles. The Morgan fingerprint density at radius 1 is 1.04 bits per heavy atom. The third-order valence-corrected chi connectivity index (χ3v) is 5.60. The number of rotatable bonds is 3. The van der Waals surface area contributed by atoms with Crippen molar-refractivity contribution < 1.29 is 9.52 Å². The molecule has 1 aromatic carbocycles. The molecule has 1 aliphatic carbocycles. The summed E-state index contributed by atoms with van der Waals surface area (Å²) in [6.07, 6.45) is 9.09. The zero-order valence-electron chi connectivity index (χ0n) is 15.5. The van der Waals surface area contributed by atoms with Gasteiger partial charge in [0.2, 0.25) is 0 Å². The molecule has 0 spiro atoms. The van der Waals surface area contributed by atoms with Crippen molar-refractivity contribution in [2.24, 2.45) is 0 Å². The number of hydrogen-bond acceptors (Lipinski definition) is 5. The van der Waals surface area contributed by atoms with Crippen LogP contribution in [0, 0.1) is 0 Å². The largest absolute Gasteiger partial charge is 0.452 e. The van der Waals surface area contributed by atoms with Crippen molar-refractivity contribution in [3.8, 4) is 22.5 Å². The average Bonchev–Trinajstić information content (AvgIpc) is 3.38. The van der Waals surface area contributed by atoms with E-state index in [1.165, 1.54) is 0 Å². The minimum absolute atomic E-state index is 0.172. The van der Waals surface area contributed by atoms with Gasteiger partial charge in [0.25, 0.3) is 0 Å². The van der Waals surface area contributed by atoms with Crippen LogP contribution in [0.15, 0.2) is 59.4 Å². The number of aromatic nitrogens is 3. The van der Waals surface area contributed by atoms with Crippen LogP contribution in [0.5, 0.6) is 0 Å². The lowest BCUT2D eigenvalue weighted by atomic mass is 9.93. The predicted molar refractivity (Wildman–Crippen MR) is 109 cm³/mol. The molecular weight excluding hydrogens is 352 g/mol. The number of nitrogens with zero attached hydrogens (tertiary/aromatic N) is 3. The van der Waals surface area contributed by atoms with Crippen molar-refractivity contribution >= 4 is 16.8 Å². The summed E-state index contributed by atoms with van der Waals surface area (Å²) >= 11 is 0. The maximum atomic E-state index is 9.74. The molecule has 1 saturated carbocycles. The summed E-state index contributed by atoms with van der Waals surface area (Å²) in [4.78, 5) is 4.34. The fourth-order valence-corrected chi connectivity index (χ4v) is 4.02. The monoisotopic (exact) mass is 374 g/mol. The molecule has 0 unspecified atom stereocenters. The van der Waals surface area contributed by atoms with Crippen LogP contribution < -0.4 is 5.73 Å². The topological polar surface area (TPSA) is 90.1 Å². The van der Waals surface area contributed by atoms with Crippen LogP contribution in [0.2, 0.25) is 0 Å². The molecule has 0 bridgehead atoms. The first-order chi connectivity index (χ1) is 13.7. The van der Waals surface area contributed by atoms with Crippen LogP contribution in [-0.4, -0.2) is 26.0 Å². The van der Waals surface area contributed by atoms with E-state index in [9.17, 15) is 5.11 Å². The van der Waals surface area contributed by atoms with Crippen LogP contribution in [0.3, 0.4) is 0 Å². The second kappa shape index (κ2) is 6.80. The Morgan fingerprint density at radius 2 is 1.82 bits per heavy atom. The first-order valence-corrected chi connectivity index (χ1v) is 9.65. The predicted octanol–water partition coefficient (Wildman–Crippen LogP) is 4.42. The number of nitrogens with two attached hydrogens (primary N) is 1. The standard InChI is InChI=1S/C22H22N4O2/c23-22-21-18(10-20(28-21)14-4-2-1-3-5-14)19(12-24-22)15-11-25-26(13-15)16-6-8-17(27)9-7-16/h1-5,10-13,16-17,27H,6-9H2,(H2,23,24)/t16-,17-. The lowest BCUT2D eigenvalue weighted by molar-refractivity contribution is 0.108. The first kappa shape index (κ1) is 17.0. The molecule has 4 aromatic rings. The second-order valence-corrected chi connectivity index (χ2v) is 7.45. The fraction of sp³-hybridized carbons (Fsp3) is 0.273.